The Morgan fingerprint density at radius 1 is 1.29 bits per heavy atom. The van der Waals surface area contributed by atoms with Crippen LogP contribution in [0.2, 0.25) is 0 Å². The van der Waals surface area contributed by atoms with Crippen LogP contribution < -0.4 is 5.32 Å². The first-order valence-corrected chi connectivity index (χ1v) is 6.89. The topological polar surface area (TPSA) is 35.6 Å². The lowest BCUT2D eigenvalue weighted by atomic mass is 10.1. The van der Waals surface area contributed by atoms with Crippen LogP contribution in [0.4, 0.5) is 0 Å². The molecule has 2 saturated heterocycles. The highest BCUT2D eigenvalue weighted by Crippen LogP contribution is 2.15. The Morgan fingerprint density at radius 3 is 2.59 bits per heavy atom. The fourth-order valence-electron chi connectivity index (χ4n) is 3.03. The summed E-state index contributed by atoms with van der Waals surface area (Å²) in [7, 11) is 1.87. The van der Waals surface area contributed by atoms with Gasteiger partial charge in [0.2, 0.25) is 5.91 Å². The largest absolute Gasteiger partial charge is 0.341 e. The number of nitrogens with one attached hydrogen (secondary N) is 1. The molecule has 4 heteroatoms. The molecule has 2 aliphatic rings. The van der Waals surface area contributed by atoms with Gasteiger partial charge in [-0.1, -0.05) is 6.92 Å². The highest BCUT2D eigenvalue weighted by molar-refractivity contribution is 5.83. The highest BCUT2D eigenvalue weighted by atomic mass is 16.2. The Balaban J connectivity index is 1.74. The molecule has 1 N–H and O–H groups in total. The molecule has 0 radical (unpaired) electrons. The fraction of sp³-hybridized carbons (Fsp3) is 0.923. The van der Waals surface area contributed by atoms with Gasteiger partial charge in [0.15, 0.2) is 0 Å². The highest BCUT2D eigenvalue weighted by Gasteiger charge is 2.31. The molecule has 98 valence electrons. The van der Waals surface area contributed by atoms with Gasteiger partial charge in [0.1, 0.15) is 0 Å². The predicted molar refractivity (Wildman–Crippen MR) is 68.9 cm³/mol. The monoisotopic (exact) mass is 239 g/mol. The molecule has 4 nitrogen and oxygen atoms in total. The lowest BCUT2D eigenvalue weighted by Crippen LogP contribution is -2.40. The smallest absolute Gasteiger partial charge is 0.239 e. The lowest BCUT2D eigenvalue weighted by Gasteiger charge is -2.25. The number of hydrogen-bond acceptors (Lipinski definition) is 3. The average Bonchev–Trinajstić information content (AvgIpc) is 2.90. The van der Waals surface area contributed by atoms with E-state index in [1.807, 2.05) is 11.9 Å². The minimum Gasteiger partial charge on any atom is -0.341 e. The van der Waals surface area contributed by atoms with E-state index in [1.54, 1.807) is 0 Å². The SMILES string of the molecule is CNC1CCN(CC(C)CN2CCCC2)C1=O. The zero-order valence-electron chi connectivity index (χ0n) is 11.1. The van der Waals surface area contributed by atoms with Crippen molar-refractivity contribution in [2.24, 2.45) is 5.92 Å². The van der Waals surface area contributed by atoms with Crippen molar-refractivity contribution in [2.45, 2.75) is 32.2 Å². The quantitative estimate of drug-likeness (QED) is 0.760. The van der Waals surface area contributed by atoms with Gasteiger partial charge in [-0.05, 0) is 45.3 Å². The molecule has 2 heterocycles. The zero-order chi connectivity index (χ0) is 12.3. The molecule has 17 heavy (non-hydrogen) atoms. The first kappa shape index (κ1) is 12.8. The number of carbonyl (C=O) groups excluding carboxylic acids is 1. The van der Waals surface area contributed by atoms with Gasteiger partial charge in [-0.3, -0.25) is 4.79 Å². The molecule has 2 rings (SSSR count). The molecule has 2 atom stereocenters. The van der Waals surface area contributed by atoms with Gasteiger partial charge in [-0.25, -0.2) is 0 Å². The van der Waals surface area contributed by atoms with E-state index in [-0.39, 0.29) is 6.04 Å². The van der Waals surface area contributed by atoms with Crippen LogP contribution in [0.5, 0.6) is 0 Å². The van der Waals surface area contributed by atoms with Crippen LogP contribution in [0.25, 0.3) is 0 Å². The molecule has 0 aromatic carbocycles. The summed E-state index contributed by atoms with van der Waals surface area (Å²) in [6.07, 6.45) is 3.65. The first-order valence-electron chi connectivity index (χ1n) is 6.89. The van der Waals surface area contributed by atoms with E-state index < -0.39 is 0 Å². The molecule has 0 bridgehead atoms. The zero-order valence-corrected chi connectivity index (χ0v) is 11.1. The third-order valence-electron chi connectivity index (χ3n) is 3.95. The maximum atomic E-state index is 12.0. The van der Waals surface area contributed by atoms with Crippen LogP contribution >= 0.6 is 0 Å². The summed E-state index contributed by atoms with van der Waals surface area (Å²) >= 11 is 0. The summed E-state index contributed by atoms with van der Waals surface area (Å²) in [6, 6.07) is 0.0639. The van der Waals surface area contributed by atoms with Gasteiger partial charge in [0.25, 0.3) is 0 Å². The molecule has 0 aliphatic carbocycles. The molecule has 0 aromatic rings. The van der Waals surface area contributed by atoms with Gasteiger partial charge in [-0.2, -0.15) is 0 Å². The molecule has 1 amide bonds. The number of nitrogens with zero attached hydrogens (tertiary/aromatic N) is 2. The number of amides is 1. The molecule has 2 fully saturated rings. The van der Waals surface area contributed by atoms with Crippen molar-refractivity contribution in [1.29, 1.82) is 0 Å². The third kappa shape index (κ3) is 3.19. The first-order chi connectivity index (χ1) is 8.20. The molecule has 2 unspecified atom stereocenters. The van der Waals surface area contributed by atoms with E-state index >= 15 is 0 Å². The molecular weight excluding hydrogens is 214 g/mol. The minimum absolute atomic E-state index is 0.0639. The molecule has 0 spiro atoms. The second-order valence-corrected chi connectivity index (χ2v) is 5.53. The Morgan fingerprint density at radius 2 is 2.00 bits per heavy atom. The van der Waals surface area contributed by atoms with Gasteiger partial charge >= 0.3 is 0 Å². The van der Waals surface area contributed by atoms with Gasteiger partial charge in [-0.15, -0.1) is 0 Å². The summed E-state index contributed by atoms with van der Waals surface area (Å²) in [6.45, 7) is 7.75. The standard InChI is InChI=1S/C13H25N3O/c1-11(9-15-6-3-4-7-15)10-16-8-5-12(14-2)13(16)17/h11-12,14H,3-10H2,1-2H3. The normalized spacial score (nSPS) is 28.0. The Kier molecular flexibility index (Phi) is 4.40. The van der Waals surface area contributed by atoms with E-state index in [0.717, 1.165) is 26.1 Å². The van der Waals surface area contributed by atoms with Gasteiger partial charge in [0.05, 0.1) is 6.04 Å². The van der Waals surface area contributed by atoms with Crippen molar-refractivity contribution < 1.29 is 4.79 Å². The summed E-state index contributed by atoms with van der Waals surface area (Å²) in [5, 5.41) is 3.09. The van der Waals surface area contributed by atoms with E-state index in [2.05, 4.69) is 17.1 Å². The van der Waals surface area contributed by atoms with E-state index in [0.29, 0.717) is 11.8 Å². The Labute approximate surface area is 104 Å². The fourth-order valence-corrected chi connectivity index (χ4v) is 3.03. The number of rotatable bonds is 5. The lowest BCUT2D eigenvalue weighted by molar-refractivity contribution is -0.129. The molecule has 0 saturated carbocycles. The second-order valence-electron chi connectivity index (χ2n) is 5.53. The third-order valence-corrected chi connectivity index (χ3v) is 3.95. The minimum atomic E-state index is 0.0639. The van der Waals surface area contributed by atoms with E-state index in [4.69, 9.17) is 0 Å². The molecule has 2 aliphatic heterocycles. The Hall–Kier alpha value is -0.610. The van der Waals surface area contributed by atoms with Crippen molar-refractivity contribution in [2.75, 3.05) is 39.8 Å². The Bertz CT molecular complexity index is 263. The van der Waals surface area contributed by atoms with Gasteiger partial charge in [0, 0.05) is 19.6 Å². The number of hydrogen-bond donors (Lipinski definition) is 1. The maximum Gasteiger partial charge on any atom is 0.239 e. The average molecular weight is 239 g/mol. The maximum absolute atomic E-state index is 12.0. The van der Waals surface area contributed by atoms with Crippen molar-refractivity contribution in [3.63, 3.8) is 0 Å². The van der Waals surface area contributed by atoms with Crippen LogP contribution in [0.1, 0.15) is 26.2 Å². The number of likely N-dealkylation sites (tertiary alicyclic amines) is 2. The molecule has 0 aromatic heterocycles. The summed E-state index contributed by atoms with van der Waals surface area (Å²) in [4.78, 5) is 16.5. The van der Waals surface area contributed by atoms with Crippen LogP contribution in [0.3, 0.4) is 0 Å². The van der Waals surface area contributed by atoms with Crippen molar-refractivity contribution in [3.05, 3.63) is 0 Å². The number of carbonyl (C=O) groups is 1. The van der Waals surface area contributed by atoms with Gasteiger partial charge < -0.3 is 15.1 Å². The molecular formula is C13H25N3O. The van der Waals surface area contributed by atoms with Crippen LogP contribution in [-0.2, 0) is 4.79 Å². The predicted octanol–water partition coefficient (Wildman–Crippen LogP) is 0.539. The van der Waals surface area contributed by atoms with Crippen molar-refractivity contribution >= 4 is 5.91 Å². The second kappa shape index (κ2) is 5.83. The summed E-state index contributed by atoms with van der Waals surface area (Å²) in [5.74, 6) is 0.883. The van der Waals surface area contributed by atoms with Crippen molar-refractivity contribution in [3.8, 4) is 0 Å². The van der Waals surface area contributed by atoms with E-state index in [9.17, 15) is 4.79 Å². The van der Waals surface area contributed by atoms with Crippen LogP contribution in [0.15, 0.2) is 0 Å². The van der Waals surface area contributed by atoms with Crippen LogP contribution in [-0.4, -0.2) is 61.5 Å². The van der Waals surface area contributed by atoms with Crippen molar-refractivity contribution in [1.82, 2.24) is 15.1 Å². The van der Waals surface area contributed by atoms with E-state index in [1.165, 1.54) is 25.9 Å². The summed E-state index contributed by atoms with van der Waals surface area (Å²) < 4.78 is 0. The summed E-state index contributed by atoms with van der Waals surface area (Å²) in [5.41, 5.74) is 0. The number of likely N-dealkylation sites (N-methyl/N-ethyl adjacent to an activating group) is 1. The van der Waals surface area contributed by atoms with Crippen LogP contribution in [0, 0.1) is 5.92 Å².